The van der Waals surface area contributed by atoms with Crippen LogP contribution < -0.4 is 25.8 Å². The molecule has 3 atom stereocenters. The lowest BCUT2D eigenvalue weighted by Gasteiger charge is -2.32. The summed E-state index contributed by atoms with van der Waals surface area (Å²) in [5.41, 5.74) is 6.50. The third kappa shape index (κ3) is 15.2. The average Bonchev–Trinajstić information content (AvgIpc) is 3.65. The van der Waals surface area contributed by atoms with Gasteiger partial charge in [0.1, 0.15) is 23.7 Å². The van der Waals surface area contributed by atoms with Gasteiger partial charge in [0.15, 0.2) is 0 Å². The molecule has 1 aliphatic heterocycles. The van der Waals surface area contributed by atoms with E-state index in [-0.39, 0.29) is 59.1 Å². The van der Waals surface area contributed by atoms with Crippen LogP contribution >= 0.6 is 0 Å². The van der Waals surface area contributed by atoms with Crippen molar-refractivity contribution >= 4 is 40.1 Å². The molecule has 0 saturated heterocycles. The number of aliphatic imine (C=N–C) groups is 1. The summed E-state index contributed by atoms with van der Waals surface area (Å²) in [5.74, 6) is -0.175. The van der Waals surface area contributed by atoms with Gasteiger partial charge in [0.25, 0.3) is 10.0 Å². The van der Waals surface area contributed by atoms with Crippen molar-refractivity contribution < 1.29 is 37.1 Å². The Labute approximate surface area is 322 Å². The molecule has 1 aromatic carbocycles. The third-order valence-corrected chi connectivity index (χ3v) is 11.8. The van der Waals surface area contributed by atoms with Gasteiger partial charge >= 0.3 is 5.97 Å². The molecular formula is C40H65N5O8S. The van der Waals surface area contributed by atoms with Crippen LogP contribution in [0.25, 0.3) is 0 Å². The summed E-state index contributed by atoms with van der Waals surface area (Å²) in [4.78, 5) is 54.9. The maximum Gasteiger partial charge on any atom is 0.305 e. The number of aldehydes is 1. The van der Waals surface area contributed by atoms with Crippen molar-refractivity contribution in [1.82, 2.24) is 15.4 Å². The van der Waals surface area contributed by atoms with Crippen LogP contribution in [0.1, 0.15) is 136 Å². The molecule has 1 aliphatic carbocycles. The number of ether oxygens (including phenoxy) is 2. The van der Waals surface area contributed by atoms with Crippen molar-refractivity contribution in [2.45, 2.75) is 159 Å². The zero-order chi connectivity index (χ0) is 39.7. The molecule has 0 bridgehead atoms. The fourth-order valence-corrected chi connectivity index (χ4v) is 8.40. The Kier molecular flexibility index (Phi) is 18.2. The molecule has 1 saturated carbocycles. The molecule has 0 aromatic heterocycles. The minimum Gasteiger partial charge on any atom is -0.488 e. The highest BCUT2D eigenvalue weighted by atomic mass is 32.2. The Bertz CT molecular complexity index is 1520. The smallest absolute Gasteiger partial charge is 0.305 e. The zero-order valence-electron chi connectivity index (χ0n) is 33.1. The first kappa shape index (κ1) is 44.7. The zero-order valence-corrected chi connectivity index (χ0v) is 33.9. The molecule has 2 aliphatic rings. The first-order valence-corrected chi connectivity index (χ1v) is 21.4. The van der Waals surface area contributed by atoms with Crippen LogP contribution in [0.5, 0.6) is 5.75 Å². The Morgan fingerprint density at radius 2 is 1.69 bits per heavy atom. The van der Waals surface area contributed by atoms with E-state index < -0.39 is 28.0 Å². The number of carbonyl (C=O) groups is 4. The Morgan fingerprint density at radius 3 is 2.35 bits per heavy atom. The fraction of sp³-hybridized carbons (Fsp3) is 0.725. The molecule has 2 amide bonds. The van der Waals surface area contributed by atoms with E-state index in [1.807, 2.05) is 27.7 Å². The highest BCUT2D eigenvalue weighted by Gasteiger charge is 2.33. The molecule has 14 heteroatoms. The highest BCUT2D eigenvalue weighted by molar-refractivity contribution is 7.90. The van der Waals surface area contributed by atoms with Crippen LogP contribution in [-0.2, 0) is 40.4 Å². The minimum atomic E-state index is -4.00. The molecule has 0 radical (unpaired) electrons. The van der Waals surface area contributed by atoms with E-state index in [0.717, 1.165) is 88.9 Å². The van der Waals surface area contributed by atoms with Crippen LogP contribution in [0.2, 0.25) is 0 Å². The largest absolute Gasteiger partial charge is 0.488 e. The summed E-state index contributed by atoms with van der Waals surface area (Å²) in [6.07, 6.45) is 14.2. The van der Waals surface area contributed by atoms with Crippen molar-refractivity contribution in [3.05, 3.63) is 23.8 Å². The van der Waals surface area contributed by atoms with Crippen LogP contribution in [0.15, 0.2) is 28.1 Å². The van der Waals surface area contributed by atoms with Gasteiger partial charge in [-0.25, -0.2) is 13.1 Å². The quantitative estimate of drug-likeness (QED) is 0.0366. The van der Waals surface area contributed by atoms with Crippen LogP contribution in [0.3, 0.4) is 0 Å². The fourth-order valence-electron chi connectivity index (χ4n) is 7.40. The lowest BCUT2D eigenvalue weighted by molar-refractivity contribution is -0.140. The van der Waals surface area contributed by atoms with E-state index in [0.29, 0.717) is 31.4 Å². The molecule has 1 aromatic rings. The van der Waals surface area contributed by atoms with E-state index in [2.05, 4.69) is 20.3 Å². The number of hydrogen-bond acceptors (Lipinski definition) is 9. The third-order valence-electron chi connectivity index (χ3n) is 10.4. The maximum absolute atomic E-state index is 13.9. The number of sulfonamides is 1. The van der Waals surface area contributed by atoms with Crippen LogP contribution in [0.4, 0.5) is 0 Å². The molecular weight excluding hydrogens is 711 g/mol. The van der Waals surface area contributed by atoms with E-state index in [1.165, 1.54) is 13.2 Å². The molecule has 13 nitrogen and oxygen atoms in total. The standard InChI is InChI=1S/C40H65N5O8S/c1-28(2)25-31(27-46)43-38(49)34(44-37(48)33(29-15-12-13-16-29)17-10-8-6-7-9-11-19-36(47)52-5)18-14-24-42-39(41)45-54(50,51)32-20-21-35-30(26-32)22-23-40(3,4)53-35/h20-21,26-29,31,33-34H,6-19,22-25H2,1-5H3,(H,43,49)(H,44,48)(H3,41,42,45)/t31-,33?,34-/m0/s1. The molecule has 0 spiro atoms. The van der Waals surface area contributed by atoms with E-state index >= 15 is 0 Å². The maximum atomic E-state index is 13.9. The Balaban J connectivity index is 1.61. The second kappa shape index (κ2) is 22.0. The number of methoxy groups -OCH3 is 1. The predicted octanol–water partition coefficient (Wildman–Crippen LogP) is 5.48. The van der Waals surface area contributed by atoms with E-state index in [4.69, 9.17) is 15.2 Å². The van der Waals surface area contributed by atoms with Gasteiger partial charge in [-0.2, -0.15) is 0 Å². The van der Waals surface area contributed by atoms with Crippen molar-refractivity contribution in [2.24, 2.45) is 28.5 Å². The number of nitrogens with two attached hydrogens (primary N) is 1. The summed E-state index contributed by atoms with van der Waals surface area (Å²) in [7, 11) is -2.60. The lowest BCUT2D eigenvalue weighted by Crippen LogP contribution is -2.52. The number of carbonyl (C=O) groups excluding carboxylic acids is 4. The molecule has 1 unspecified atom stereocenters. The summed E-state index contributed by atoms with van der Waals surface area (Å²) >= 11 is 0. The van der Waals surface area contributed by atoms with E-state index in [9.17, 15) is 27.6 Å². The van der Waals surface area contributed by atoms with Crippen molar-refractivity contribution in [3.8, 4) is 5.75 Å². The van der Waals surface area contributed by atoms with Gasteiger partial charge in [-0.05, 0) is 107 Å². The van der Waals surface area contributed by atoms with Gasteiger partial charge in [-0.3, -0.25) is 19.4 Å². The number of benzene rings is 1. The number of rotatable bonds is 23. The number of amides is 2. The number of unbranched alkanes of at least 4 members (excludes halogenated alkanes) is 5. The molecule has 3 rings (SSSR count). The van der Waals surface area contributed by atoms with Gasteiger partial charge in [0.2, 0.25) is 17.8 Å². The second-order valence-corrected chi connectivity index (χ2v) is 17.7. The number of hydrogen-bond donors (Lipinski definition) is 4. The highest BCUT2D eigenvalue weighted by Crippen LogP contribution is 2.35. The summed E-state index contributed by atoms with van der Waals surface area (Å²) in [5, 5.41) is 5.84. The van der Waals surface area contributed by atoms with E-state index in [1.54, 1.807) is 12.1 Å². The average molecular weight is 776 g/mol. The second-order valence-electron chi connectivity index (χ2n) is 16.0. The molecule has 54 heavy (non-hydrogen) atoms. The summed E-state index contributed by atoms with van der Waals surface area (Å²) < 4.78 is 39.2. The van der Waals surface area contributed by atoms with Gasteiger partial charge in [0, 0.05) is 18.9 Å². The topological polar surface area (TPSA) is 195 Å². The van der Waals surface area contributed by atoms with Crippen molar-refractivity contribution in [1.29, 1.82) is 0 Å². The SMILES string of the molecule is COC(=O)CCCCCCCCC(C(=O)N[C@@H](CCCN=C(N)NS(=O)(=O)c1ccc2c(c1)CCC(C)(C)O2)C(=O)N[C@H](C=O)CC(C)C)C1CCCC1. The Hall–Kier alpha value is -3.68. The Morgan fingerprint density at radius 1 is 1.00 bits per heavy atom. The van der Waals surface area contributed by atoms with Gasteiger partial charge in [0.05, 0.1) is 18.0 Å². The monoisotopic (exact) mass is 775 g/mol. The first-order chi connectivity index (χ1) is 25.6. The molecule has 1 fully saturated rings. The van der Waals surface area contributed by atoms with Gasteiger partial charge in [-0.15, -0.1) is 0 Å². The van der Waals surface area contributed by atoms with Crippen LogP contribution in [0, 0.1) is 17.8 Å². The number of esters is 1. The van der Waals surface area contributed by atoms with Gasteiger partial charge in [-0.1, -0.05) is 58.8 Å². The number of aryl methyl sites for hydroxylation is 1. The summed E-state index contributed by atoms with van der Waals surface area (Å²) in [6.45, 7) is 8.03. The molecule has 1 heterocycles. The molecule has 304 valence electrons. The number of guanidine groups is 1. The van der Waals surface area contributed by atoms with Crippen molar-refractivity contribution in [3.63, 3.8) is 0 Å². The van der Waals surface area contributed by atoms with Crippen LogP contribution in [-0.4, -0.2) is 69.8 Å². The number of nitrogens with zero attached hydrogens (tertiary/aromatic N) is 1. The van der Waals surface area contributed by atoms with Gasteiger partial charge < -0.3 is 30.6 Å². The lowest BCUT2D eigenvalue weighted by atomic mass is 9.85. The first-order valence-electron chi connectivity index (χ1n) is 19.9. The molecule has 5 N–H and O–H groups in total. The van der Waals surface area contributed by atoms with Crippen molar-refractivity contribution in [2.75, 3.05) is 13.7 Å². The normalized spacial score (nSPS) is 17.5. The minimum absolute atomic E-state index is 0.0562. The summed E-state index contributed by atoms with van der Waals surface area (Å²) in [6, 6.07) is 3.14. The number of fused-ring (bicyclic) bond motifs is 1. The number of nitrogens with one attached hydrogen (secondary N) is 3. The predicted molar refractivity (Wildman–Crippen MR) is 209 cm³/mol.